The molecular weight excluding hydrogens is 226 g/mol. The van der Waals surface area contributed by atoms with Crippen molar-refractivity contribution in [3.63, 3.8) is 0 Å². The number of benzene rings is 1. The summed E-state index contributed by atoms with van der Waals surface area (Å²) < 4.78 is 1.18. The highest BCUT2D eigenvalue weighted by Crippen LogP contribution is 2.20. The SMILES string of the molecule is CNCCc1cc(Br)cc(C)c1C. The third-order valence-electron chi connectivity index (χ3n) is 2.38. The number of nitrogens with one attached hydrogen (secondary N) is 1. The molecule has 0 aliphatic heterocycles. The molecule has 1 aromatic rings. The molecule has 0 radical (unpaired) electrons. The molecule has 1 N–H and O–H groups in total. The van der Waals surface area contributed by atoms with Gasteiger partial charge in [-0.1, -0.05) is 15.9 Å². The maximum absolute atomic E-state index is 3.52. The highest BCUT2D eigenvalue weighted by atomic mass is 79.9. The van der Waals surface area contributed by atoms with Gasteiger partial charge >= 0.3 is 0 Å². The van der Waals surface area contributed by atoms with Crippen LogP contribution in [0, 0.1) is 13.8 Å². The van der Waals surface area contributed by atoms with Crippen molar-refractivity contribution in [2.24, 2.45) is 0 Å². The van der Waals surface area contributed by atoms with Crippen LogP contribution in [0.3, 0.4) is 0 Å². The number of halogens is 1. The number of hydrogen-bond donors (Lipinski definition) is 1. The van der Waals surface area contributed by atoms with E-state index in [0.29, 0.717) is 0 Å². The highest BCUT2D eigenvalue weighted by molar-refractivity contribution is 9.10. The Labute approximate surface area is 88.7 Å². The predicted octanol–water partition coefficient (Wildman–Crippen LogP) is 2.83. The highest BCUT2D eigenvalue weighted by Gasteiger charge is 2.02. The van der Waals surface area contributed by atoms with Crippen molar-refractivity contribution >= 4 is 15.9 Å². The first-order chi connectivity index (χ1) is 6.15. The molecule has 0 saturated heterocycles. The van der Waals surface area contributed by atoms with Crippen LogP contribution >= 0.6 is 15.9 Å². The van der Waals surface area contributed by atoms with Gasteiger partial charge < -0.3 is 5.32 Å². The van der Waals surface area contributed by atoms with Gasteiger partial charge in [0.2, 0.25) is 0 Å². The molecule has 0 spiro atoms. The van der Waals surface area contributed by atoms with Crippen molar-refractivity contribution in [2.75, 3.05) is 13.6 Å². The molecule has 0 unspecified atom stereocenters. The summed E-state index contributed by atoms with van der Waals surface area (Å²) in [7, 11) is 1.99. The van der Waals surface area contributed by atoms with Crippen LogP contribution in [-0.4, -0.2) is 13.6 Å². The van der Waals surface area contributed by atoms with Crippen LogP contribution in [0.4, 0.5) is 0 Å². The summed E-state index contributed by atoms with van der Waals surface area (Å²) >= 11 is 3.52. The zero-order valence-corrected chi connectivity index (χ0v) is 10.0. The minimum atomic E-state index is 1.04. The van der Waals surface area contributed by atoms with Crippen molar-refractivity contribution in [2.45, 2.75) is 20.3 Å². The third kappa shape index (κ3) is 2.82. The van der Waals surface area contributed by atoms with Crippen LogP contribution in [0.5, 0.6) is 0 Å². The van der Waals surface area contributed by atoms with Crippen LogP contribution in [0.25, 0.3) is 0 Å². The summed E-state index contributed by atoms with van der Waals surface area (Å²) in [6.45, 7) is 5.38. The Morgan fingerprint density at radius 1 is 1.31 bits per heavy atom. The molecule has 72 valence electrons. The van der Waals surface area contributed by atoms with Crippen LogP contribution in [0.1, 0.15) is 16.7 Å². The van der Waals surface area contributed by atoms with E-state index in [0.717, 1.165) is 13.0 Å². The van der Waals surface area contributed by atoms with Gasteiger partial charge in [-0.15, -0.1) is 0 Å². The molecule has 0 aromatic heterocycles. The van der Waals surface area contributed by atoms with E-state index in [-0.39, 0.29) is 0 Å². The average molecular weight is 242 g/mol. The lowest BCUT2D eigenvalue weighted by molar-refractivity contribution is 0.787. The quantitative estimate of drug-likeness (QED) is 0.859. The van der Waals surface area contributed by atoms with Gasteiger partial charge in [0.15, 0.2) is 0 Å². The summed E-state index contributed by atoms with van der Waals surface area (Å²) in [6.07, 6.45) is 1.10. The Morgan fingerprint density at radius 3 is 2.62 bits per heavy atom. The molecular formula is C11H16BrN. The van der Waals surface area contributed by atoms with E-state index in [2.05, 4.69) is 47.2 Å². The molecule has 0 aliphatic rings. The van der Waals surface area contributed by atoms with Crippen LogP contribution in [0.2, 0.25) is 0 Å². The van der Waals surface area contributed by atoms with E-state index in [1.165, 1.54) is 21.2 Å². The van der Waals surface area contributed by atoms with Gasteiger partial charge in [0.25, 0.3) is 0 Å². The van der Waals surface area contributed by atoms with E-state index >= 15 is 0 Å². The molecule has 0 heterocycles. The molecule has 13 heavy (non-hydrogen) atoms. The summed E-state index contributed by atoms with van der Waals surface area (Å²) in [5, 5.41) is 3.17. The average Bonchev–Trinajstić information content (AvgIpc) is 2.09. The van der Waals surface area contributed by atoms with Gasteiger partial charge in [0, 0.05) is 4.47 Å². The van der Waals surface area contributed by atoms with Crippen molar-refractivity contribution in [1.29, 1.82) is 0 Å². The van der Waals surface area contributed by atoms with E-state index in [9.17, 15) is 0 Å². The minimum Gasteiger partial charge on any atom is -0.319 e. The fourth-order valence-corrected chi connectivity index (χ4v) is 2.02. The Morgan fingerprint density at radius 2 is 2.00 bits per heavy atom. The Bertz CT molecular complexity index is 294. The predicted molar refractivity (Wildman–Crippen MR) is 61.2 cm³/mol. The van der Waals surface area contributed by atoms with Gasteiger partial charge in [0.05, 0.1) is 0 Å². The number of aryl methyl sites for hydroxylation is 1. The van der Waals surface area contributed by atoms with Gasteiger partial charge in [-0.2, -0.15) is 0 Å². The maximum atomic E-state index is 3.52. The van der Waals surface area contributed by atoms with Gasteiger partial charge in [-0.25, -0.2) is 0 Å². The molecule has 0 bridgehead atoms. The first-order valence-electron chi connectivity index (χ1n) is 4.55. The summed E-state index contributed by atoms with van der Waals surface area (Å²) in [5.41, 5.74) is 4.21. The monoisotopic (exact) mass is 241 g/mol. The second kappa shape index (κ2) is 4.77. The number of likely N-dealkylation sites (N-methyl/N-ethyl adjacent to an activating group) is 1. The molecule has 2 heteroatoms. The molecule has 0 saturated carbocycles. The fourth-order valence-electron chi connectivity index (χ4n) is 1.40. The van der Waals surface area contributed by atoms with Crippen molar-refractivity contribution in [3.8, 4) is 0 Å². The normalized spacial score (nSPS) is 10.5. The molecule has 0 atom stereocenters. The topological polar surface area (TPSA) is 12.0 Å². The zero-order valence-electron chi connectivity index (χ0n) is 8.45. The summed E-state index contributed by atoms with van der Waals surface area (Å²) in [4.78, 5) is 0. The van der Waals surface area contributed by atoms with Crippen LogP contribution in [0.15, 0.2) is 16.6 Å². The Hall–Kier alpha value is -0.340. The van der Waals surface area contributed by atoms with Crippen molar-refractivity contribution in [1.82, 2.24) is 5.32 Å². The fraction of sp³-hybridized carbons (Fsp3) is 0.455. The first kappa shape index (κ1) is 10.7. The smallest absolute Gasteiger partial charge is 0.0180 e. The van der Waals surface area contributed by atoms with Gasteiger partial charge in [-0.05, 0) is 62.7 Å². The van der Waals surface area contributed by atoms with Crippen molar-refractivity contribution in [3.05, 3.63) is 33.3 Å². The molecule has 1 rings (SSSR count). The van der Waals surface area contributed by atoms with E-state index in [1.807, 2.05) is 7.05 Å². The van der Waals surface area contributed by atoms with Crippen molar-refractivity contribution < 1.29 is 0 Å². The number of rotatable bonds is 3. The Kier molecular flexibility index (Phi) is 3.94. The summed E-state index contributed by atoms with van der Waals surface area (Å²) in [6, 6.07) is 4.37. The lowest BCUT2D eigenvalue weighted by Gasteiger charge is -2.09. The van der Waals surface area contributed by atoms with Gasteiger partial charge in [-0.3, -0.25) is 0 Å². The lowest BCUT2D eigenvalue weighted by Crippen LogP contribution is -2.11. The molecule has 0 fully saturated rings. The first-order valence-corrected chi connectivity index (χ1v) is 5.34. The molecule has 0 aliphatic carbocycles. The van der Waals surface area contributed by atoms with Gasteiger partial charge in [0.1, 0.15) is 0 Å². The maximum Gasteiger partial charge on any atom is 0.0180 e. The minimum absolute atomic E-state index is 1.04. The zero-order chi connectivity index (χ0) is 9.84. The van der Waals surface area contributed by atoms with E-state index in [4.69, 9.17) is 0 Å². The standard InChI is InChI=1S/C11H16BrN/c1-8-6-11(12)7-10(9(8)2)4-5-13-3/h6-7,13H,4-5H2,1-3H3. The Balaban J connectivity index is 2.92. The van der Waals surface area contributed by atoms with E-state index in [1.54, 1.807) is 0 Å². The van der Waals surface area contributed by atoms with E-state index < -0.39 is 0 Å². The van der Waals surface area contributed by atoms with Crippen LogP contribution in [-0.2, 0) is 6.42 Å². The third-order valence-corrected chi connectivity index (χ3v) is 2.84. The lowest BCUT2D eigenvalue weighted by atomic mass is 10.0. The molecule has 1 aromatic carbocycles. The second-order valence-electron chi connectivity index (χ2n) is 3.36. The summed E-state index contributed by atoms with van der Waals surface area (Å²) in [5.74, 6) is 0. The molecule has 0 amide bonds. The second-order valence-corrected chi connectivity index (χ2v) is 4.28. The molecule has 1 nitrogen and oxygen atoms in total. The van der Waals surface area contributed by atoms with Crippen LogP contribution < -0.4 is 5.32 Å². The largest absolute Gasteiger partial charge is 0.319 e. The number of hydrogen-bond acceptors (Lipinski definition) is 1.